The van der Waals surface area contributed by atoms with Gasteiger partial charge in [-0.1, -0.05) is 41.4 Å². The van der Waals surface area contributed by atoms with E-state index in [9.17, 15) is 14.4 Å². The Morgan fingerprint density at radius 2 is 1.57 bits per heavy atom. The van der Waals surface area contributed by atoms with Crippen LogP contribution in [-0.4, -0.2) is 23.8 Å². The van der Waals surface area contributed by atoms with E-state index >= 15 is 0 Å². The molecule has 37 heavy (non-hydrogen) atoms. The van der Waals surface area contributed by atoms with Gasteiger partial charge in [0.15, 0.2) is 0 Å². The summed E-state index contributed by atoms with van der Waals surface area (Å²) in [6, 6.07) is 19.0. The number of aryl methyl sites for hydroxylation is 1. The molecule has 2 N–H and O–H groups in total. The van der Waals surface area contributed by atoms with Gasteiger partial charge in [-0.3, -0.25) is 14.4 Å². The van der Waals surface area contributed by atoms with Crippen molar-refractivity contribution in [2.45, 2.75) is 33.3 Å². The molecule has 3 aromatic rings. The topological polar surface area (TPSA) is 87.7 Å². The summed E-state index contributed by atoms with van der Waals surface area (Å²) >= 11 is 12.4. The largest absolute Gasteiger partial charge is 0.491 e. The lowest BCUT2D eigenvalue weighted by molar-refractivity contribution is -0.120. The second-order valence-electron chi connectivity index (χ2n) is 8.81. The van der Waals surface area contributed by atoms with E-state index in [4.69, 9.17) is 27.9 Å². The van der Waals surface area contributed by atoms with Gasteiger partial charge in [0, 0.05) is 16.4 Å². The highest BCUT2D eigenvalue weighted by Crippen LogP contribution is 2.32. The van der Waals surface area contributed by atoms with Crippen LogP contribution in [0.5, 0.6) is 5.75 Å². The van der Waals surface area contributed by atoms with Gasteiger partial charge in [-0.2, -0.15) is 0 Å². The predicted octanol–water partition coefficient (Wildman–Crippen LogP) is 6.05. The number of rotatable bonds is 8. The molecule has 3 aromatic carbocycles. The Morgan fingerprint density at radius 1 is 0.919 bits per heavy atom. The van der Waals surface area contributed by atoms with E-state index in [0.717, 1.165) is 21.8 Å². The minimum Gasteiger partial charge on any atom is -0.491 e. The first kappa shape index (κ1) is 26.3. The molecular weight excluding hydrogens is 513 g/mol. The summed E-state index contributed by atoms with van der Waals surface area (Å²) in [6.45, 7) is 5.72. The number of anilines is 3. The molecule has 0 fully saturated rings. The molecule has 0 saturated heterocycles. The van der Waals surface area contributed by atoms with Crippen LogP contribution in [0.15, 0.2) is 77.5 Å². The van der Waals surface area contributed by atoms with Crippen molar-refractivity contribution in [2.24, 2.45) is 0 Å². The summed E-state index contributed by atoms with van der Waals surface area (Å²) < 4.78 is 5.61. The molecule has 0 unspecified atom stereocenters. The molecule has 3 amide bonds. The van der Waals surface area contributed by atoms with Crippen molar-refractivity contribution >= 4 is 58.0 Å². The third-order valence-corrected chi connectivity index (χ3v) is 6.30. The quantitative estimate of drug-likeness (QED) is 0.341. The Bertz CT molecular complexity index is 1380. The molecule has 190 valence electrons. The number of nitrogens with zero attached hydrogens (tertiary/aromatic N) is 1. The van der Waals surface area contributed by atoms with Crippen LogP contribution in [0.2, 0.25) is 5.02 Å². The van der Waals surface area contributed by atoms with Crippen molar-refractivity contribution < 1.29 is 19.1 Å². The molecule has 0 atom stereocenters. The number of carbonyl (C=O) groups excluding carboxylic acids is 3. The number of benzene rings is 3. The maximum absolute atomic E-state index is 13.0. The van der Waals surface area contributed by atoms with Gasteiger partial charge >= 0.3 is 0 Å². The maximum atomic E-state index is 13.0. The molecule has 9 heteroatoms. The van der Waals surface area contributed by atoms with Crippen LogP contribution in [0.25, 0.3) is 0 Å². The van der Waals surface area contributed by atoms with Crippen LogP contribution in [0, 0.1) is 6.92 Å². The van der Waals surface area contributed by atoms with E-state index in [1.807, 2.05) is 20.8 Å². The first-order valence-electron chi connectivity index (χ1n) is 11.6. The lowest BCUT2D eigenvalue weighted by atomic mass is 10.1. The van der Waals surface area contributed by atoms with Crippen LogP contribution >= 0.6 is 23.2 Å². The zero-order chi connectivity index (χ0) is 26.7. The Balaban J connectivity index is 1.38. The monoisotopic (exact) mass is 537 g/mol. The highest BCUT2D eigenvalue weighted by Gasteiger charge is 2.39. The standard InChI is InChI=1S/C28H25Cl2N3O4/c1-16(2)37-22-12-9-19(10-13-22)31-24(34)14-18-5-7-20(8-6-18)32-26-25(30)27(35)33(28(26)36)21-11-4-17(3)23(29)15-21/h4-13,15-16,32H,14H2,1-3H3,(H,31,34). The lowest BCUT2D eigenvalue weighted by Gasteiger charge is -2.16. The predicted molar refractivity (Wildman–Crippen MR) is 146 cm³/mol. The second-order valence-corrected chi connectivity index (χ2v) is 9.59. The van der Waals surface area contributed by atoms with Crippen LogP contribution in [0.1, 0.15) is 25.0 Å². The number of ether oxygens (including phenoxy) is 1. The van der Waals surface area contributed by atoms with Gasteiger partial charge in [-0.25, -0.2) is 4.90 Å². The van der Waals surface area contributed by atoms with Gasteiger partial charge in [0.05, 0.1) is 18.2 Å². The van der Waals surface area contributed by atoms with Gasteiger partial charge in [0.1, 0.15) is 16.5 Å². The van der Waals surface area contributed by atoms with Crippen LogP contribution < -0.4 is 20.3 Å². The molecule has 0 aromatic heterocycles. The van der Waals surface area contributed by atoms with E-state index in [0.29, 0.717) is 22.1 Å². The Kier molecular flexibility index (Phi) is 7.86. The molecule has 0 aliphatic carbocycles. The number of hydrogen-bond donors (Lipinski definition) is 2. The van der Waals surface area contributed by atoms with Gasteiger partial charge in [0.2, 0.25) is 5.91 Å². The van der Waals surface area contributed by atoms with E-state index in [2.05, 4.69) is 10.6 Å². The Hall–Kier alpha value is -3.81. The first-order valence-corrected chi connectivity index (χ1v) is 12.3. The molecule has 1 heterocycles. The number of hydrogen-bond acceptors (Lipinski definition) is 5. The fraction of sp³-hybridized carbons (Fsp3) is 0.179. The van der Waals surface area contributed by atoms with Crippen LogP contribution in [-0.2, 0) is 20.8 Å². The lowest BCUT2D eigenvalue weighted by Crippen LogP contribution is -2.32. The van der Waals surface area contributed by atoms with Gasteiger partial charge in [-0.05, 0) is 80.4 Å². The third kappa shape index (κ3) is 6.13. The summed E-state index contributed by atoms with van der Waals surface area (Å²) in [7, 11) is 0. The number of carbonyl (C=O) groups is 3. The normalized spacial score (nSPS) is 13.4. The number of nitrogens with one attached hydrogen (secondary N) is 2. The average Bonchev–Trinajstić information content (AvgIpc) is 3.06. The summed E-state index contributed by atoms with van der Waals surface area (Å²) in [6.07, 6.45) is 0.233. The minimum absolute atomic E-state index is 0.0289. The van der Waals surface area contributed by atoms with Crippen molar-refractivity contribution in [3.63, 3.8) is 0 Å². The second kappa shape index (κ2) is 11.1. The molecule has 0 radical (unpaired) electrons. The summed E-state index contributed by atoms with van der Waals surface area (Å²) in [5, 5.41) is 6.01. The summed E-state index contributed by atoms with van der Waals surface area (Å²) in [5.74, 6) is -0.651. The fourth-order valence-corrected chi connectivity index (χ4v) is 4.08. The van der Waals surface area contributed by atoms with E-state index in [1.54, 1.807) is 66.7 Å². The zero-order valence-corrected chi connectivity index (χ0v) is 22.0. The van der Waals surface area contributed by atoms with E-state index in [1.165, 1.54) is 0 Å². The van der Waals surface area contributed by atoms with Gasteiger partial charge in [0.25, 0.3) is 11.8 Å². The van der Waals surface area contributed by atoms with Gasteiger partial charge < -0.3 is 15.4 Å². The van der Waals surface area contributed by atoms with Gasteiger partial charge in [-0.15, -0.1) is 0 Å². The Morgan fingerprint density at radius 3 is 2.19 bits per heavy atom. The molecule has 7 nitrogen and oxygen atoms in total. The van der Waals surface area contributed by atoms with Crippen molar-refractivity contribution in [2.75, 3.05) is 15.5 Å². The van der Waals surface area contributed by atoms with E-state index in [-0.39, 0.29) is 29.2 Å². The first-order chi connectivity index (χ1) is 17.6. The van der Waals surface area contributed by atoms with Crippen molar-refractivity contribution in [1.82, 2.24) is 0 Å². The highest BCUT2D eigenvalue weighted by atomic mass is 35.5. The summed E-state index contributed by atoms with van der Waals surface area (Å²) in [4.78, 5) is 39.1. The molecule has 1 aliphatic rings. The third-order valence-electron chi connectivity index (χ3n) is 5.54. The molecule has 0 saturated carbocycles. The summed E-state index contributed by atoms with van der Waals surface area (Å²) in [5.41, 5.74) is 3.12. The van der Waals surface area contributed by atoms with Crippen molar-refractivity contribution in [3.8, 4) is 5.75 Å². The SMILES string of the molecule is Cc1ccc(N2C(=O)C(Cl)=C(Nc3ccc(CC(=O)Nc4ccc(OC(C)C)cc4)cc3)C2=O)cc1Cl. The van der Waals surface area contributed by atoms with E-state index < -0.39 is 11.8 Å². The average molecular weight is 538 g/mol. The van der Waals surface area contributed by atoms with Crippen LogP contribution in [0.4, 0.5) is 17.1 Å². The minimum atomic E-state index is -0.633. The maximum Gasteiger partial charge on any atom is 0.283 e. The smallest absolute Gasteiger partial charge is 0.283 e. The molecule has 4 rings (SSSR count). The molecule has 0 spiro atoms. The van der Waals surface area contributed by atoms with Crippen LogP contribution in [0.3, 0.4) is 0 Å². The molecule has 1 aliphatic heterocycles. The Labute approximate surface area is 225 Å². The van der Waals surface area contributed by atoms with Crippen molar-refractivity contribution in [1.29, 1.82) is 0 Å². The molecular formula is C28H25Cl2N3O4. The number of imide groups is 1. The zero-order valence-electron chi connectivity index (χ0n) is 20.5. The van der Waals surface area contributed by atoms with Crippen molar-refractivity contribution in [3.05, 3.63) is 93.6 Å². The highest BCUT2D eigenvalue weighted by molar-refractivity contribution is 6.53. The number of halogens is 2. The number of amides is 3. The fourth-order valence-electron chi connectivity index (χ4n) is 3.70. The molecule has 0 bridgehead atoms.